The van der Waals surface area contributed by atoms with E-state index in [1.54, 1.807) is 0 Å². The molecule has 1 aromatic heterocycles. The van der Waals surface area contributed by atoms with E-state index in [2.05, 4.69) is 62.7 Å². The van der Waals surface area contributed by atoms with Crippen molar-refractivity contribution in [1.29, 1.82) is 0 Å². The number of aryl methyl sites for hydroxylation is 4. The lowest BCUT2D eigenvalue weighted by molar-refractivity contribution is 0.496. The monoisotopic (exact) mass is 301 g/mol. The second-order valence-corrected chi connectivity index (χ2v) is 6.91. The molecule has 0 bridgehead atoms. The van der Waals surface area contributed by atoms with Crippen LogP contribution in [-0.2, 0) is 6.42 Å². The van der Waals surface area contributed by atoms with E-state index in [9.17, 15) is 0 Å². The molecule has 0 saturated heterocycles. The Bertz CT molecular complexity index is 557. The Hall–Kier alpha value is -1.12. The summed E-state index contributed by atoms with van der Waals surface area (Å²) in [6.07, 6.45) is 3.64. The number of nitrogens with one attached hydrogen (secondary N) is 1. The van der Waals surface area contributed by atoms with Crippen LogP contribution < -0.4 is 5.32 Å². The minimum atomic E-state index is 0.481. The van der Waals surface area contributed by atoms with Crippen LogP contribution in [0, 0.1) is 20.8 Å². The molecule has 1 heterocycles. The number of rotatable bonds is 7. The third-order valence-electron chi connectivity index (χ3n) is 4.20. The molecule has 1 N–H and O–H groups in total. The minimum absolute atomic E-state index is 0.481. The molecule has 2 rings (SSSR count). The molecule has 1 atom stereocenters. The van der Waals surface area contributed by atoms with Gasteiger partial charge in [-0.25, -0.2) is 0 Å². The lowest BCUT2D eigenvalue weighted by Crippen LogP contribution is -2.22. The molecule has 0 aliphatic carbocycles. The van der Waals surface area contributed by atoms with Gasteiger partial charge in [0.15, 0.2) is 0 Å². The van der Waals surface area contributed by atoms with Gasteiger partial charge in [0.25, 0.3) is 0 Å². The molecule has 114 valence electrons. The Morgan fingerprint density at radius 2 is 1.86 bits per heavy atom. The summed E-state index contributed by atoms with van der Waals surface area (Å²) in [4.78, 5) is 1.50. The molecule has 0 aliphatic rings. The van der Waals surface area contributed by atoms with Crippen molar-refractivity contribution in [2.45, 2.75) is 53.0 Å². The summed E-state index contributed by atoms with van der Waals surface area (Å²) >= 11 is 1.87. The van der Waals surface area contributed by atoms with Gasteiger partial charge in [-0.1, -0.05) is 25.1 Å². The summed E-state index contributed by atoms with van der Waals surface area (Å²) in [5.41, 5.74) is 5.69. The number of thiophene rings is 1. The topological polar surface area (TPSA) is 12.0 Å². The number of hydrogen-bond acceptors (Lipinski definition) is 2. The fraction of sp³-hybridized carbons (Fsp3) is 0.474. The quantitative estimate of drug-likeness (QED) is 0.727. The molecule has 1 aromatic carbocycles. The van der Waals surface area contributed by atoms with Gasteiger partial charge in [-0.05, 0) is 80.3 Å². The predicted octanol–water partition coefficient (Wildman–Crippen LogP) is 5.35. The summed E-state index contributed by atoms with van der Waals surface area (Å²) in [7, 11) is 0. The average Bonchev–Trinajstić information content (AvgIpc) is 2.95. The summed E-state index contributed by atoms with van der Waals surface area (Å²) in [5, 5.41) is 5.84. The van der Waals surface area contributed by atoms with Gasteiger partial charge in [0.05, 0.1) is 0 Å². The van der Waals surface area contributed by atoms with Gasteiger partial charge < -0.3 is 5.32 Å². The number of benzene rings is 1. The van der Waals surface area contributed by atoms with Crippen LogP contribution in [0.15, 0.2) is 29.6 Å². The maximum Gasteiger partial charge on any atom is 0.0322 e. The molecule has 0 radical (unpaired) electrons. The molecule has 0 amide bonds. The molecule has 21 heavy (non-hydrogen) atoms. The molecule has 2 aromatic rings. The van der Waals surface area contributed by atoms with Crippen molar-refractivity contribution in [3.63, 3.8) is 0 Å². The average molecular weight is 301 g/mol. The highest BCUT2D eigenvalue weighted by Crippen LogP contribution is 2.26. The second-order valence-electron chi connectivity index (χ2n) is 5.87. The van der Waals surface area contributed by atoms with Crippen molar-refractivity contribution >= 4 is 11.3 Å². The van der Waals surface area contributed by atoms with Gasteiger partial charge in [0, 0.05) is 10.9 Å². The fourth-order valence-corrected chi connectivity index (χ4v) is 3.66. The fourth-order valence-electron chi connectivity index (χ4n) is 2.91. The smallest absolute Gasteiger partial charge is 0.0322 e. The summed E-state index contributed by atoms with van der Waals surface area (Å²) in [5.74, 6) is 0. The summed E-state index contributed by atoms with van der Waals surface area (Å²) in [6.45, 7) is 9.88. The van der Waals surface area contributed by atoms with Crippen LogP contribution in [0.25, 0.3) is 0 Å². The van der Waals surface area contributed by atoms with Crippen molar-refractivity contribution in [3.05, 3.63) is 56.8 Å². The molecule has 0 saturated carbocycles. The van der Waals surface area contributed by atoms with Gasteiger partial charge in [0.2, 0.25) is 0 Å². The zero-order valence-electron chi connectivity index (χ0n) is 13.7. The van der Waals surface area contributed by atoms with Crippen molar-refractivity contribution in [2.24, 2.45) is 0 Å². The Kier molecular flexibility index (Phi) is 6.01. The summed E-state index contributed by atoms with van der Waals surface area (Å²) in [6, 6.07) is 9.58. The third-order valence-corrected chi connectivity index (χ3v) is 5.14. The van der Waals surface area contributed by atoms with Gasteiger partial charge in [0.1, 0.15) is 0 Å². The van der Waals surface area contributed by atoms with E-state index in [0.29, 0.717) is 6.04 Å². The van der Waals surface area contributed by atoms with Crippen LogP contribution in [0.5, 0.6) is 0 Å². The Balaban J connectivity index is 2.05. The first kappa shape index (κ1) is 16.3. The molecule has 0 spiro atoms. The van der Waals surface area contributed by atoms with Crippen LogP contribution in [0.2, 0.25) is 0 Å². The first-order valence-electron chi connectivity index (χ1n) is 7.95. The van der Waals surface area contributed by atoms with Crippen molar-refractivity contribution in [1.82, 2.24) is 5.32 Å². The van der Waals surface area contributed by atoms with Gasteiger partial charge in [-0.15, -0.1) is 11.3 Å². The summed E-state index contributed by atoms with van der Waals surface area (Å²) < 4.78 is 0. The zero-order chi connectivity index (χ0) is 15.2. The third kappa shape index (κ3) is 4.42. The molecule has 0 aliphatic heterocycles. The standard InChI is InChI=1S/C19H27NS/c1-5-20-19(10-6-8-17-9-7-11-21-17)18-13-15(3)14(2)12-16(18)4/h7,9,11-13,19-20H,5-6,8,10H2,1-4H3. The van der Waals surface area contributed by atoms with E-state index >= 15 is 0 Å². The van der Waals surface area contributed by atoms with E-state index in [0.717, 1.165) is 6.54 Å². The minimum Gasteiger partial charge on any atom is -0.310 e. The van der Waals surface area contributed by atoms with Crippen molar-refractivity contribution in [3.8, 4) is 0 Å². The Morgan fingerprint density at radius 3 is 2.52 bits per heavy atom. The lowest BCUT2D eigenvalue weighted by Gasteiger charge is -2.21. The molecular weight excluding hydrogens is 274 g/mol. The second kappa shape index (κ2) is 7.77. The van der Waals surface area contributed by atoms with Crippen LogP contribution in [-0.4, -0.2) is 6.54 Å². The molecule has 1 unspecified atom stereocenters. The lowest BCUT2D eigenvalue weighted by atomic mass is 9.93. The first-order valence-corrected chi connectivity index (χ1v) is 8.83. The van der Waals surface area contributed by atoms with Crippen LogP contribution in [0.3, 0.4) is 0 Å². The van der Waals surface area contributed by atoms with Gasteiger partial charge in [-0.3, -0.25) is 0 Å². The van der Waals surface area contributed by atoms with Crippen LogP contribution >= 0.6 is 11.3 Å². The van der Waals surface area contributed by atoms with Crippen LogP contribution in [0.4, 0.5) is 0 Å². The SMILES string of the molecule is CCNC(CCCc1cccs1)c1cc(C)c(C)cc1C. The first-order chi connectivity index (χ1) is 10.1. The maximum absolute atomic E-state index is 3.67. The maximum atomic E-state index is 3.67. The van der Waals surface area contributed by atoms with Crippen molar-refractivity contribution in [2.75, 3.05) is 6.54 Å². The highest BCUT2D eigenvalue weighted by atomic mass is 32.1. The largest absolute Gasteiger partial charge is 0.310 e. The number of hydrogen-bond donors (Lipinski definition) is 1. The highest BCUT2D eigenvalue weighted by molar-refractivity contribution is 7.09. The van der Waals surface area contributed by atoms with Gasteiger partial charge in [-0.2, -0.15) is 0 Å². The van der Waals surface area contributed by atoms with E-state index in [4.69, 9.17) is 0 Å². The predicted molar refractivity (Wildman–Crippen MR) is 94.3 cm³/mol. The van der Waals surface area contributed by atoms with E-state index in [1.807, 2.05) is 11.3 Å². The highest BCUT2D eigenvalue weighted by Gasteiger charge is 2.13. The molecule has 2 heteroatoms. The molecule has 0 fully saturated rings. The Labute approximate surface area is 133 Å². The Morgan fingerprint density at radius 1 is 1.10 bits per heavy atom. The normalized spacial score (nSPS) is 12.6. The zero-order valence-corrected chi connectivity index (χ0v) is 14.5. The van der Waals surface area contributed by atoms with Gasteiger partial charge >= 0.3 is 0 Å². The van der Waals surface area contributed by atoms with E-state index < -0.39 is 0 Å². The van der Waals surface area contributed by atoms with E-state index in [-0.39, 0.29) is 0 Å². The van der Waals surface area contributed by atoms with Crippen LogP contribution in [0.1, 0.15) is 52.9 Å². The van der Waals surface area contributed by atoms with Crippen molar-refractivity contribution < 1.29 is 0 Å². The molecular formula is C19H27NS. The van der Waals surface area contributed by atoms with E-state index in [1.165, 1.54) is 46.4 Å². The molecule has 1 nitrogen and oxygen atoms in total.